The lowest BCUT2D eigenvalue weighted by Crippen LogP contribution is -2.59. The molecule has 2 N–H and O–H groups in total. The number of hydrogen-bond acceptors (Lipinski definition) is 6. The van der Waals surface area contributed by atoms with Crippen molar-refractivity contribution in [1.82, 2.24) is 0 Å². The minimum absolute atomic E-state index is 0.100. The molecule has 0 radical (unpaired) electrons. The van der Waals surface area contributed by atoms with Crippen LogP contribution in [0.2, 0.25) is 0 Å². The minimum Gasteiger partial charge on any atom is -0.467 e. The molecule has 6 nitrogen and oxygen atoms in total. The summed E-state index contributed by atoms with van der Waals surface area (Å²) in [5, 5.41) is 6.18. The van der Waals surface area contributed by atoms with E-state index in [1.165, 1.54) is 26.4 Å². The molecule has 2 atom stereocenters. The number of aryl methyl sites for hydroxylation is 1. The van der Waals surface area contributed by atoms with Crippen molar-refractivity contribution in [2.24, 2.45) is 0 Å². The summed E-state index contributed by atoms with van der Waals surface area (Å²) in [5.41, 5.74) is -1.53. The zero-order valence-corrected chi connectivity index (χ0v) is 17.5. The minimum atomic E-state index is -4.49. The van der Waals surface area contributed by atoms with Gasteiger partial charge in [-0.25, -0.2) is 9.59 Å². The van der Waals surface area contributed by atoms with Gasteiger partial charge >= 0.3 is 18.1 Å². The number of benzene rings is 2. The molecule has 0 aliphatic carbocycles. The van der Waals surface area contributed by atoms with Crippen LogP contribution >= 0.6 is 0 Å². The molecule has 0 saturated heterocycles. The average molecular weight is 436 g/mol. The quantitative estimate of drug-likeness (QED) is 0.699. The number of fused-ring (bicyclic) bond motifs is 1. The average Bonchev–Trinajstić information content (AvgIpc) is 2.72. The summed E-state index contributed by atoms with van der Waals surface area (Å²) in [4.78, 5) is 25.7. The summed E-state index contributed by atoms with van der Waals surface area (Å²) < 4.78 is 48.9. The van der Waals surface area contributed by atoms with Gasteiger partial charge in [-0.05, 0) is 44.2 Å². The molecule has 0 spiro atoms. The van der Waals surface area contributed by atoms with Gasteiger partial charge in [0.25, 0.3) is 0 Å². The molecule has 1 heterocycles. The first kappa shape index (κ1) is 22.5. The SMILES string of the molecule is COC(=O)C1(C)CC(Nc2ccc(C(F)(F)F)cc2)(C(=O)OC)c2cc(C)ccc2N1. The maximum absolute atomic E-state index is 13.1. The number of carbonyl (C=O) groups is 2. The molecular formula is C22H23F3N2O4. The van der Waals surface area contributed by atoms with E-state index in [0.717, 1.165) is 17.7 Å². The molecule has 31 heavy (non-hydrogen) atoms. The molecule has 3 rings (SSSR count). The Morgan fingerprint density at radius 3 is 2.19 bits per heavy atom. The van der Waals surface area contributed by atoms with Crippen molar-refractivity contribution in [2.45, 2.75) is 37.5 Å². The van der Waals surface area contributed by atoms with Gasteiger partial charge in [0.05, 0.1) is 19.8 Å². The van der Waals surface area contributed by atoms with Crippen LogP contribution < -0.4 is 10.6 Å². The summed E-state index contributed by atoms with van der Waals surface area (Å²) in [7, 11) is 2.45. The lowest BCUT2D eigenvalue weighted by atomic mass is 9.73. The third-order valence-corrected chi connectivity index (χ3v) is 5.40. The van der Waals surface area contributed by atoms with Crippen LogP contribution in [0.15, 0.2) is 42.5 Å². The number of esters is 2. The number of carbonyl (C=O) groups excluding carboxylic acids is 2. The van der Waals surface area contributed by atoms with Crippen molar-refractivity contribution in [3.05, 3.63) is 59.2 Å². The number of anilines is 2. The third-order valence-electron chi connectivity index (χ3n) is 5.40. The number of rotatable bonds is 4. The Labute approximate surface area is 177 Å². The molecule has 0 fully saturated rings. The first-order valence-corrected chi connectivity index (χ1v) is 9.47. The molecular weight excluding hydrogens is 413 g/mol. The van der Waals surface area contributed by atoms with Crippen molar-refractivity contribution < 1.29 is 32.2 Å². The summed E-state index contributed by atoms with van der Waals surface area (Å²) in [6, 6.07) is 9.64. The fraction of sp³-hybridized carbons (Fsp3) is 0.364. The second kappa shape index (κ2) is 7.79. The molecule has 2 unspecified atom stereocenters. The van der Waals surface area contributed by atoms with E-state index >= 15 is 0 Å². The van der Waals surface area contributed by atoms with Crippen molar-refractivity contribution in [1.29, 1.82) is 0 Å². The lowest BCUT2D eigenvalue weighted by molar-refractivity contribution is -0.151. The zero-order valence-electron chi connectivity index (χ0n) is 17.5. The fourth-order valence-corrected chi connectivity index (χ4v) is 3.94. The van der Waals surface area contributed by atoms with Gasteiger partial charge in [0.15, 0.2) is 5.54 Å². The van der Waals surface area contributed by atoms with Gasteiger partial charge in [-0.3, -0.25) is 0 Å². The van der Waals surface area contributed by atoms with Crippen LogP contribution in [0.25, 0.3) is 0 Å². The summed E-state index contributed by atoms with van der Waals surface area (Å²) in [5.74, 6) is -1.28. The van der Waals surface area contributed by atoms with E-state index in [1.807, 2.05) is 13.0 Å². The number of nitrogens with one attached hydrogen (secondary N) is 2. The van der Waals surface area contributed by atoms with Crippen molar-refractivity contribution in [2.75, 3.05) is 24.9 Å². The second-order valence-corrected chi connectivity index (χ2v) is 7.77. The van der Waals surface area contributed by atoms with Crippen LogP contribution in [-0.4, -0.2) is 31.7 Å². The third kappa shape index (κ3) is 4.04. The Kier molecular flexibility index (Phi) is 5.64. The molecule has 0 amide bonds. The molecule has 0 aromatic heterocycles. The van der Waals surface area contributed by atoms with Crippen LogP contribution in [0.1, 0.15) is 30.0 Å². The molecule has 0 bridgehead atoms. The van der Waals surface area contributed by atoms with Gasteiger partial charge in [-0.2, -0.15) is 13.2 Å². The highest BCUT2D eigenvalue weighted by atomic mass is 19.4. The maximum Gasteiger partial charge on any atom is 0.416 e. The van der Waals surface area contributed by atoms with E-state index in [2.05, 4.69) is 10.6 Å². The van der Waals surface area contributed by atoms with E-state index in [0.29, 0.717) is 11.3 Å². The number of hydrogen-bond donors (Lipinski definition) is 2. The van der Waals surface area contributed by atoms with E-state index in [-0.39, 0.29) is 12.1 Å². The van der Waals surface area contributed by atoms with Gasteiger partial charge in [0.1, 0.15) is 5.54 Å². The predicted octanol–water partition coefficient (Wildman–Crippen LogP) is 4.24. The van der Waals surface area contributed by atoms with Crippen LogP contribution in [0.5, 0.6) is 0 Å². The molecule has 2 aromatic carbocycles. The number of alkyl halides is 3. The monoisotopic (exact) mass is 436 g/mol. The maximum atomic E-state index is 13.1. The first-order valence-electron chi connectivity index (χ1n) is 9.47. The topological polar surface area (TPSA) is 76.7 Å². The van der Waals surface area contributed by atoms with E-state index < -0.39 is 34.8 Å². The van der Waals surface area contributed by atoms with Crippen LogP contribution in [0.3, 0.4) is 0 Å². The summed E-state index contributed by atoms with van der Waals surface area (Å²) in [6.45, 7) is 3.43. The van der Waals surface area contributed by atoms with Gasteiger partial charge in [-0.1, -0.05) is 17.7 Å². The van der Waals surface area contributed by atoms with E-state index in [4.69, 9.17) is 9.47 Å². The number of methoxy groups -OCH3 is 2. The summed E-state index contributed by atoms with van der Waals surface area (Å²) in [6.07, 6.45) is -4.59. The highest BCUT2D eigenvalue weighted by Gasteiger charge is 2.55. The van der Waals surface area contributed by atoms with Gasteiger partial charge in [-0.15, -0.1) is 0 Å². The highest BCUT2D eigenvalue weighted by molar-refractivity contribution is 5.94. The smallest absolute Gasteiger partial charge is 0.416 e. The van der Waals surface area contributed by atoms with Gasteiger partial charge in [0.2, 0.25) is 0 Å². The Hall–Kier alpha value is -3.23. The predicted molar refractivity (Wildman–Crippen MR) is 109 cm³/mol. The largest absolute Gasteiger partial charge is 0.467 e. The number of ether oxygens (including phenoxy) is 2. The first-order chi connectivity index (χ1) is 14.4. The molecule has 0 saturated carbocycles. The Morgan fingerprint density at radius 1 is 1.03 bits per heavy atom. The lowest BCUT2D eigenvalue weighted by Gasteiger charge is -2.46. The highest BCUT2D eigenvalue weighted by Crippen LogP contribution is 2.46. The van der Waals surface area contributed by atoms with Crippen molar-refractivity contribution >= 4 is 23.3 Å². The van der Waals surface area contributed by atoms with Crippen LogP contribution in [-0.2, 0) is 30.8 Å². The molecule has 1 aliphatic rings. The number of halogens is 3. The Morgan fingerprint density at radius 2 is 1.65 bits per heavy atom. The Balaban J connectivity index is 2.17. The normalized spacial score (nSPS) is 22.7. The van der Waals surface area contributed by atoms with Gasteiger partial charge < -0.3 is 20.1 Å². The molecule has 9 heteroatoms. The summed E-state index contributed by atoms with van der Waals surface area (Å²) >= 11 is 0. The van der Waals surface area contributed by atoms with E-state index in [1.54, 1.807) is 19.1 Å². The van der Waals surface area contributed by atoms with Gasteiger partial charge in [0, 0.05) is 23.4 Å². The fourth-order valence-electron chi connectivity index (χ4n) is 3.94. The molecule has 1 aliphatic heterocycles. The van der Waals surface area contributed by atoms with Crippen LogP contribution in [0, 0.1) is 6.92 Å². The Bertz CT molecular complexity index is 1010. The molecule has 2 aromatic rings. The van der Waals surface area contributed by atoms with Crippen molar-refractivity contribution in [3.63, 3.8) is 0 Å². The van der Waals surface area contributed by atoms with Crippen LogP contribution in [0.4, 0.5) is 24.5 Å². The second-order valence-electron chi connectivity index (χ2n) is 7.77. The van der Waals surface area contributed by atoms with Crippen molar-refractivity contribution in [3.8, 4) is 0 Å². The zero-order chi connectivity index (χ0) is 23.0. The standard InChI is InChI=1S/C22H23F3N2O4/c1-13-5-10-17-16(11-13)21(19(29)31-4,12-20(2,27-17)18(28)30-3)26-15-8-6-14(7-9-15)22(23,24)25/h5-11,26-27H,12H2,1-4H3. The molecule has 166 valence electrons. The van der Waals surface area contributed by atoms with E-state index in [9.17, 15) is 22.8 Å².